The van der Waals surface area contributed by atoms with E-state index in [1.807, 2.05) is 32.0 Å². The molecule has 0 aromatic heterocycles. The van der Waals surface area contributed by atoms with Gasteiger partial charge in [-0.25, -0.2) is 0 Å². The van der Waals surface area contributed by atoms with Gasteiger partial charge in [-0.2, -0.15) is 0 Å². The molecule has 0 atom stereocenters. The Morgan fingerprint density at radius 2 is 1.48 bits per heavy atom. The van der Waals surface area contributed by atoms with Crippen LogP contribution >= 0.6 is 0 Å². The van der Waals surface area contributed by atoms with Crippen molar-refractivity contribution in [3.63, 3.8) is 0 Å². The highest BCUT2D eigenvalue weighted by Crippen LogP contribution is 2.36. The third-order valence-corrected chi connectivity index (χ3v) is 12.1. The topological polar surface area (TPSA) is 44.8 Å². The summed E-state index contributed by atoms with van der Waals surface area (Å²) in [6.45, 7) is 10.3. The summed E-state index contributed by atoms with van der Waals surface area (Å²) >= 11 is 0. The molecule has 1 aliphatic carbocycles. The maximum Gasteiger partial charge on any atom is 0.166 e. The van der Waals surface area contributed by atoms with Crippen LogP contribution in [0, 0.1) is 11.8 Å². The SMILES string of the molecule is COc1ccc(C(=O)C2CCC(CCOCC(C)(C)[SiH](c3ccccc3)c3ccccc3)CC2)cc1OC(C)C. The van der Waals surface area contributed by atoms with Crippen molar-refractivity contribution in [2.45, 2.75) is 70.9 Å². The highest BCUT2D eigenvalue weighted by molar-refractivity contribution is 6.87. The molecular weight excluding hydrogens is 512 g/mol. The van der Waals surface area contributed by atoms with Gasteiger partial charge in [-0.3, -0.25) is 4.79 Å². The molecule has 4 rings (SSSR count). The zero-order chi connectivity index (χ0) is 28.5. The first-order valence-electron chi connectivity index (χ1n) is 14.8. The molecule has 1 aliphatic rings. The van der Waals surface area contributed by atoms with Gasteiger partial charge in [0.15, 0.2) is 17.3 Å². The number of rotatable bonds is 13. The largest absolute Gasteiger partial charge is 0.493 e. The van der Waals surface area contributed by atoms with Gasteiger partial charge in [-0.15, -0.1) is 0 Å². The van der Waals surface area contributed by atoms with Crippen LogP contribution in [0.15, 0.2) is 78.9 Å². The molecule has 5 heteroatoms. The van der Waals surface area contributed by atoms with E-state index >= 15 is 0 Å². The Morgan fingerprint density at radius 3 is 2.02 bits per heavy atom. The molecule has 0 aliphatic heterocycles. The lowest BCUT2D eigenvalue weighted by Gasteiger charge is -2.34. The summed E-state index contributed by atoms with van der Waals surface area (Å²) in [5.41, 5.74) is 0.723. The fourth-order valence-corrected chi connectivity index (χ4v) is 9.87. The van der Waals surface area contributed by atoms with Gasteiger partial charge in [0, 0.05) is 24.7 Å². The van der Waals surface area contributed by atoms with Gasteiger partial charge in [0.05, 0.1) is 13.2 Å². The van der Waals surface area contributed by atoms with Crippen LogP contribution in [0.2, 0.25) is 5.04 Å². The molecule has 3 aromatic carbocycles. The van der Waals surface area contributed by atoms with Gasteiger partial charge in [-0.05, 0) is 75.1 Å². The second-order valence-corrected chi connectivity index (χ2v) is 16.0. The van der Waals surface area contributed by atoms with Crippen molar-refractivity contribution < 1.29 is 19.0 Å². The molecule has 1 saturated carbocycles. The normalized spacial score (nSPS) is 17.7. The Kier molecular flexibility index (Phi) is 10.6. The van der Waals surface area contributed by atoms with Crippen molar-refractivity contribution in [3.05, 3.63) is 84.4 Å². The maximum atomic E-state index is 13.3. The molecule has 0 heterocycles. The number of methoxy groups -OCH3 is 1. The lowest BCUT2D eigenvalue weighted by Crippen LogP contribution is -2.51. The minimum Gasteiger partial charge on any atom is -0.493 e. The molecule has 0 N–H and O–H groups in total. The van der Waals surface area contributed by atoms with Crippen LogP contribution in [0.25, 0.3) is 0 Å². The van der Waals surface area contributed by atoms with E-state index in [1.54, 1.807) is 7.11 Å². The molecule has 0 bridgehead atoms. The van der Waals surface area contributed by atoms with Crippen LogP contribution in [-0.2, 0) is 4.74 Å². The summed E-state index contributed by atoms with van der Waals surface area (Å²) in [6.07, 6.45) is 5.14. The third kappa shape index (κ3) is 7.85. The first kappa shape index (κ1) is 30.1. The van der Waals surface area contributed by atoms with Crippen LogP contribution < -0.4 is 19.8 Å². The Bertz CT molecular complexity index is 1160. The highest BCUT2D eigenvalue weighted by Gasteiger charge is 2.34. The number of hydrogen-bond acceptors (Lipinski definition) is 4. The summed E-state index contributed by atoms with van der Waals surface area (Å²) in [6, 6.07) is 27.5. The van der Waals surface area contributed by atoms with Crippen LogP contribution in [-0.4, -0.2) is 41.0 Å². The van der Waals surface area contributed by atoms with E-state index in [4.69, 9.17) is 14.2 Å². The second-order valence-electron chi connectivity index (χ2n) is 12.2. The molecule has 214 valence electrons. The van der Waals surface area contributed by atoms with Crippen molar-refractivity contribution in [2.24, 2.45) is 11.8 Å². The Balaban J connectivity index is 1.27. The van der Waals surface area contributed by atoms with Gasteiger partial charge < -0.3 is 14.2 Å². The van der Waals surface area contributed by atoms with E-state index in [1.165, 1.54) is 10.4 Å². The van der Waals surface area contributed by atoms with Gasteiger partial charge in [0.1, 0.15) is 8.80 Å². The predicted octanol–water partition coefficient (Wildman–Crippen LogP) is 6.70. The standard InChI is InChI=1S/C35H46O4Si/c1-26(2)39-33-24-29(20-21-32(33)37-5)34(36)28-18-16-27(17-19-28)22-23-38-25-35(3,4)40(30-12-8-6-9-13-30)31-14-10-7-11-15-31/h6-15,20-21,24,26-28,40H,16-19,22-23,25H2,1-5H3. The van der Waals surface area contributed by atoms with Gasteiger partial charge in [-0.1, -0.05) is 84.9 Å². The number of benzene rings is 3. The fourth-order valence-electron chi connectivity index (χ4n) is 6.18. The summed E-state index contributed by atoms with van der Waals surface area (Å²) in [5, 5.41) is 3.01. The quantitative estimate of drug-likeness (QED) is 0.133. The number of ether oxygens (including phenoxy) is 3. The lowest BCUT2D eigenvalue weighted by atomic mass is 9.77. The number of Topliss-reactive ketones (excluding diaryl/α,β-unsaturated/α-hetero) is 1. The molecule has 0 amide bonds. The van der Waals surface area contributed by atoms with Crippen molar-refractivity contribution in [3.8, 4) is 11.5 Å². The van der Waals surface area contributed by atoms with E-state index in [2.05, 4.69) is 74.5 Å². The third-order valence-electron chi connectivity index (χ3n) is 8.22. The van der Waals surface area contributed by atoms with Gasteiger partial charge in [0.2, 0.25) is 0 Å². The number of carbonyl (C=O) groups excluding carboxylic acids is 1. The van der Waals surface area contributed by atoms with Gasteiger partial charge in [0.25, 0.3) is 0 Å². The fraction of sp³-hybridized carbons (Fsp3) is 0.457. The van der Waals surface area contributed by atoms with E-state index in [0.717, 1.165) is 50.9 Å². The zero-order valence-corrected chi connectivity index (χ0v) is 26.1. The van der Waals surface area contributed by atoms with Crippen molar-refractivity contribution in [1.29, 1.82) is 0 Å². The summed E-state index contributed by atoms with van der Waals surface area (Å²) < 4.78 is 17.7. The molecule has 40 heavy (non-hydrogen) atoms. The van der Waals surface area contributed by atoms with Crippen molar-refractivity contribution in [1.82, 2.24) is 0 Å². The summed E-state index contributed by atoms with van der Waals surface area (Å²) in [4.78, 5) is 13.3. The maximum absolute atomic E-state index is 13.3. The van der Waals surface area contributed by atoms with Crippen LogP contribution in [0.1, 0.15) is 70.2 Å². The first-order chi connectivity index (χ1) is 19.3. The summed E-state index contributed by atoms with van der Waals surface area (Å²) in [7, 11) is 0.145. The van der Waals surface area contributed by atoms with E-state index in [-0.39, 0.29) is 22.8 Å². The van der Waals surface area contributed by atoms with Crippen molar-refractivity contribution in [2.75, 3.05) is 20.3 Å². The molecule has 3 aromatic rings. The second kappa shape index (κ2) is 14.1. The highest BCUT2D eigenvalue weighted by atomic mass is 28.3. The minimum atomic E-state index is -1.48. The van der Waals surface area contributed by atoms with E-state index < -0.39 is 8.80 Å². The molecule has 4 nitrogen and oxygen atoms in total. The summed E-state index contributed by atoms with van der Waals surface area (Å²) in [5.74, 6) is 2.24. The first-order valence-corrected chi connectivity index (χ1v) is 16.6. The Hall–Kier alpha value is -2.89. The number of ketones is 1. The molecule has 1 fully saturated rings. The van der Waals surface area contributed by atoms with Crippen LogP contribution in [0.4, 0.5) is 0 Å². The number of hydrogen-bond donors (Lipinski definition) is 0. The van der Waals surface area contributed by atoms with E-state index in [0.29, 0.717) is 17.4 Å². The smallest absolute Gasteiger partial charge is 0.166 e. The monoisotopic (exact) mass is 558 g/mol. The minimum absolute atomic E-state index is 0.0207. The van der Waals surface area contributed by atoms with E-state index in [9.17, 15) is 4.79 Å². The Labute approximate surface area is 242 Å². The van der Waals surface area contributed by atoms with Crippen molar-refractivity contribution >= 4 is 25.0 Å². The van der Waals surface area contributed by atoms with Crippen LogP contribution in [0.3, 0.4) is 0 Å². The molecule has 0 saturated heterocycles. The average molecular weight is 559 g/mol. The molecular formula is C35H46O4Si. The zero-order valence-electron chi connectivity index (χ0n) is 24.9. The predicted molar refractivity (Wildman–Crippen MR) is 167 cm³/mol. The van der Waals surface area contributed by atoms with Gasteiger partial charge >= 0.3 is 0 Å². The number of carbonyl (C=O) groups is 1. The Morgan fingerprint density at radius 1 is 0.875 bits per heavy atom. The lowest BCUT2D eigenvalue weighted by molar-refractivity contribution is 0.0808. The van der Waals surface area contributed by atoms with Crippen LogP contribution in [0.5, 0.6) is 11.5 Å². The molecule has 0 unspecified atom stereocenters. The molecule has 0 radical (unpaired) electrons. The molecule has 0 spiro atoms. The average Bonchev–Trinajstić information content (AvgIpc) is 2.96.